The van der Waals surface area contributed by atoms with Crippen molar-refractivity contribution in [2.75, 3.05) is 14.2 Å². The Morgan fingerprint density at radius 2 is 1.83 bits per heavy atom. The van der Waals surface area contributed by atoms with Crippen molar-refractivity contribution in [2.24, 2.45) is 0 Å². The van der Waals surface area contributed by atoms with Crippen molar-refractivity contribution in [1.82, 2.24) is 0 Å². The zero-order valence-electron chi connectivity index (χ0n) is 10.1. The van der Waals surface area contributed by atoms with E-state index in [2.05, 4.69) is 0 Å². The van der Waals surface area contributed by atoms with Gasteiger partial charge >= 0.3 is 0 Å². The number of nitrogens with zero attached hydrogens (tertiary/aromatic N) is 1. The van der Waals surface area contributed by atoms with E-state index in [9.17, 15) is 4.79 Å². The highest BCUT2D eigenvalue weighted by Gasteiger charge is 2.11. The molecule has 0 aromatic heterocycles. The lowest BCUT2D eigenvalue weighted by Crippen LogP contribution is -1.94. The van der Waals surface area contributed by atoms with E-state index in [1.807, 2.05) is 6.07 Å². The molecule has 0 spiro atoms. The normalized spacial score (nSPS) is 9.83. The molecule has 0 aliphatic rings. The number of hydrogen-bond acceptors (Lipinski definition) is 4. The van der Waals surface area contributed by atoms with Crippen LogP contribution in [-0.4, -0.2) is 20.5 Å². The van der Waals surface area contributed by atoms with Crippen LogP contribution in [0.5, 0.6) is 11.5 Å². The standard InChI is InChI=1S/C14H11NO3/c1-17-13-5-9-3-4-10(7-15)12(8-16)11(9)6-14(13)18-2/h3-6,8H,1-2H3. The van der Waals surface area contributed by atoms with E-state index >= 15 is 0 Å². The van der Waals surface area contributed by atoms with Gasteiger partial charge in [0.15, 0.2) is 17.8 Å². The average Bonchev–Trinajstić information content (AvgIpc) is 2.44. The van der Waals surface area contributed by atoms with Gasteiger partial charge < -0.3 is 9.47 Å². The molecule has 2 aromatic rings. The molecule has 0 amide bonds. The molecule has 4 nitrogen and oxygen atoms in total. The van der Waals surface area contributed by atoms with Crippen molar-refractivity contribution in [3.05, 3.63) is 35.4 Å². The van der Waals surface area contributed by atoms with Crippen molar-refractivity contribution >= 4 is 17.1 Å². The Hall–Kier alpha value is -2.54. The molecule has 0 aliphatic heterocycles. The van der Waals surface area contributed by atoms with Gasteiger partial charge in [-0.05, 0) is 29.0 Å². The molecule has 18 heavy (non-hydrogen) atoms. The summed E-state index contributed by atoms with van der Waals surface area (Å²) in [6, 6.07) is 8.89. The monoisotopic (exact) mass is 241 g/mol. The van der Waals surface area contributed by atoms with Crippen LogP contribution in [0, 0.1) is 11.3 Å². The Bertz CT molecular complexity index is 656. The van der Waals surface area contributed by atoms with Crippen LogP contribution in [-0.2, 0) is 0 Å². The van der Waals surface area contributed by atoms with Crippen LogP contribution in [0.4, 0.5) is 0 Å². The third kappa shape index (κ3) is 1.76. The molecular formula is C14H11NO3. The van der Waals surface area contributed by atoms with Crippen LogP contribution in [0.2, 0.25) is 0 Å². The molecular weight excluding hydrogens is 230 g/mol. The summed E-state index contributed by atoms with van der Waals surface area (Å²) < 4.78 is 10.4. The van der Waals surface area contributed by atoms with Crippen LogP contribution in [0.15, 0.2) is 24.3 Å². The predicted molar refractivity (Wildman–Crippen MR) is 67.2 cm³/mol. The zero-order valence-corrected chi connectivity index (χ0v) is 10.1. The minimum absolute atomic E-state index is 0.352. The van der Waals surface area contributed by atoms with Gasteiger partial charge in [0.1, 0.15) is 0 Å². The summed E-state index contributed by atoms with van der Waals surface area (Å²) >= 11 is 0. The highest BCUT2D eigenvalue weighted by Crippen LogP contribution is 2.34. The summed E-state index contributed by atoms with van der Waals surface area (Å²) in [6.45, 7) is 0. The number of hydrogen-bond donors (Lipinski definition) is 0. The van der Waals surface area contributed by atoms with Crippen molar-refractivity contribution in [2.45, 2.75) is 0 Å². The highest BCUT2D eigenvalue weighted by molar-refractivity contribution is 6.01. The third-order valence-corrected chi connectivity index (χ3v) is 2.80. The van der Waals surface area contributed by atoms with E-state index in [1.165, 1.54) is 7.11 Å². The highest BCUT2D eigenvalue weighted by atomic mass is 16.5. The Kier molecular flexibility index (Phi) is 3.16. The molecule has 0 unspecified atom stereocenters. The lowest BCUT2D eigenvalue weighted by Gasteiger charge is -2.10. The predicted octanol–water partition coefficient (Wildman–Crippen LogP) is 2.54. The summed E-state index contributed by atoms with van der Waals surface area (Å²) in [5.74, 6) is 1.12. The maximum absolute atomic E-state index is 11.1. The van der Waals surface area contributed by atoms with Gasteiger partial charge in [0.2, 0.25) is 0 Å². The fraction of sp³-hybridized carbons (Fsp3) is 0.143. The molecule has 0 bridgehead atoms. The van der Waals surface area contributed by atoms with E-state index in [1.54, 1.807) is 31.4 Å². The van der Waals surface area contributed by atoms with E-state index in [0.29, 0.717) is 34.3 Å². The van der Waals surface area contributed by atoms with Gasteiger partial charge in [-0.25, -0.2) is 0 Å². The summed E-state index contributed by atoms with van der Waals surface area (Å²) in [5, 5.41) is 10.5. The second kappa shape index (κ2) is 4.76. The Balaban J connectivity index is 2.85. The summed E-state index contributed by atoms with van der Waals surface area (Å²) in [5.41, 5.74) is 0.723. The molecule has 0 fully saturated rings. The summed E-state index contributed by atoms with van der Waals surface area (Å²) in [7, 11) is 3.08. The van der Waals surface area contributed by atoms with Crippen LogP contribution < -0.4 is 9.47 Å². The van der Waals surface area contributed by atoms with E-state index in [-0.39, 0.29) is 0 Å². The van der Waals surface area contributed by atoms with Gasteiger partial charge in [0.25, 0.3) is 0 Å². The fourth-order valence-electron chi connectivity index (χ4n) is 1.90. The fourth-order valence-corrected chi connectivity index (χ4v) is 1.90. The molecule has 0 N–H and O–H groups in total. The molecule has 2 aromatic carbocycles. The maximum Gasteiger partial charge on any atom is 0.161 e. The van der Waals surface area contributed by atoms with E-state index in [0.717, 1.165) is 5.39 Å². The summed E-state index contributed by atoms with van der Waals surface area (Å²) in [4.78, 5) is 11.1. The SMILES string of the molecule is COc1cc2ccc(C#N)c(C=O)c2cc1OC. The minimum Gasteiger partial charge on any atom is -0.493 e. The number of benzene rings is 2. The maximum atomic E-state index is 11.1. The number of carbonyl (C=O) groups is 1. The molecule has 0 atom stereocenters. The molecule has 0 radical (unpaired) electrons. The lowest BCUT2D eigenvalue weighted by atomic mass is 10.00. The topological polar surface area (TPSA) is 59.3 Å². The minimum atomic E-state index is 0.352. The van der Waals surface area contributed by atoms with Crippen LogP contribution in [0.1, 0.15) is 15.9 Å². The molecule has 0 saturated carbocycles. The van der Waals surface area contributed by atoms with Crippen LogP contribution in [0.3, 0.4) is 0 Å². The smallest absolute Gasteiger partial charge is 0.161 e. The molecule has 0 saturated heterocycles. The first-order valence-electron chi connectivity index (χ1n) is 5.29. The second-order valence-corrected chi connectivity index (χ2v) is 3.68. The van der Waals surface area contributed by atoms with Crippen molar-refractivity contribution in [1.29, 1.82) is 5.26 Å². The zero-order chi connectivity index (χ0) is 13.1. The van der Waals surface area contributed by atoms with Gasteiger partial charge in [-0.15, -0.1) is 0 Å². The van der Waals surface area contributed by atoms with E-state index in [4.69, 9.17) is 14.7 Å². The number of carbonyl (C=O) groups excluding carboxylic acids is 1. The molecule has 90 valence electrons. The van der Waals surface area contributed by atoms with Gasteiger partial charge in [-0.1, -0.05) is 6.07 Å². The second-order valence-electron chi connectivity index (χ2n) is 3.68. The number of rotatable bonds is 3. The van der Waals surface area contributed by atoms with Crippen LogP contribution in [0.25, 0.3) is 10.8 Å². The molecule has 0 heterocycles. The third-order valence-electron chi connectivity index (χ3n) is 2.80. The Morgan fingerprint density at radius 3 is 2.39 bits per heavy atom. The number of ether oxygens (including phenoxy) is 2. The van der Waals surface area contributed by atoms with Crippen molar-refractivity contribution < 1.29 is 14.3 Å². The first-order valence-corrected chi connectivity index (χ1v) is 5.29. The average molecular weight is 241 g/mol. The van der Waals surface area contributed by atoms with Crippen LogP contribution >= 0.6 is 0 Å². The number of aldehydes is 1. The first kappa shape index (κ1) is 11.9. The van der Waals surface area contributed by atoms with Gasteiger partial charge in [0.05, 0.1) is 25.9 Å². The van der Waals surface area contributed by atoms with E-state index < -0.39 is 0 Å². The van der Waals surface area contributed by atoms with Crippen molar-refractivity contribution in [3.63, 3.8) is 0 Å². The summed E-state index contributed by atoms with van der Waals surface area (Å²) in [6.07, 6.45) is 0.687. The lowest BCUT2D eigenvalue weighted by molar-refractivity contribution is 0.112. The van der Waals surface area contributed by atoms with Gasteiger partial charge in [0, 0.05) is 5.56 Å². The first-order chi connectivity index (χ1) is 8.74. The molecule has 4 heteroatoms. The van der Waals surface area contributed by atoms with Gasteiger partial charge in [-0.3, -0.25) is 4.79 Å². The Morgan fingerprint density at radius 1 is 1.17 bits per heavy atom. The largest absolute Gasteiger partial charge is 0.493 e. The number of nitriles is 1. The quantitative estimate of drug-likeness (QED) is 0.775. The molecule has 0 aliphatic carbocycles. The molecule has 2 rings (SSSR count). The number of methoxy groups -OCH3 is 2. The Labute approximate surface area is 104 Å². The number of fused-ring (bicyclic) bond motifs is 1. The van der Waals surface area contributed by atoms with Crippen molar-refractivity contribution in [3.8, 4) is 17.6 Å². The van der Waals surface area contributed by atoms with Gasteiger partial charge in [-0.2, -0.15) is 5.26 Å².